The minimum Gasteiger partial charge on any atom is -0.306 e. The van der Waals surface area contributed by atoms with Crippen molar-refractivity contribution in [2.45, 2.75) is 38.8 Å². The summed E-state index contributed by atoms with van der Waals surface area (Å²) in [5, 5.41) is 3.42. The van der Waals surface area contributed by atoms with Crippen LogP contribution in [0.2, 0.25) is 0 Å². The highest BCUT2D eigenvalue weighted by Gasteiger charge is 2.21. The highest BCUT2D eigenvalue weighted by atomic mass is 19.1. The van der Waals surface area contributed by atoms with Gasteiger partial charge in [-0.1, -0.05) is 6.92 Å². The average Bonchev–Trinajstić information content (AvgIpc) is 2.41. The van der Waals surface area contributed by atoms with E-state index in [9.17, 15) is 8.78 Å². The van der Waals surface area contributed by atoms with Gasteiger partial charge in [-0.05, 0) is 51.1 Å². The first-order valence-corrected chi connectivity index (χ1v) is 7.03. The van der Waals surface area contributed by atoms with E-state index in [-0.39, 0.29) is 17.7 Å². The van der Waals surface area contributed by atoms with Crippen molar-refractivity contribution in [2.75, 3.05) is 19.6 Å². The first kappa shape index (κ1) is 14.4. The van der Waals surface area contributed by atoms with Crippen LogP contribution in [0.1, 0.15) is 38.3 Å². The molecule has 1 saturated heterocycles. The third-order valence-corrected chi connectivity index (χ3v) is 3.86. The average molecular weight is 268 g/mol. The molecule has 0 bridgehead atoms. The predicted molar refractivity (Wildman–Crippen MR) is 73.0 cm³/mol. The van der Waals surface area contributed by atoms with Crippen LogP contribution in [-0.4, -0.2) is 30.6 Å². The van der Waals surface area contributed by atoms with Crippen molar-refractivity contribution < 1.29 is 8.78 Å². The lowest BCUT2D eigenvalue weighted by Gasteiger charge is -2.34. The zero-order chi connectivity index (χ0) is 13.8. The van der Waals surface area contributed by atoms with E-state index in [1.54, 1.807) is 0 Å². The third kappa shape index (κ3) is 3.74. The molecule has 1 N–H and O–H groups in total. The molecule has 0 saturated carbocycles. The summed E-state index contributed by atoms with van der Waals surface area (Å²) in [5.41, 5.74) is 0.411. The molecule has 1 heterocycles. The Morgan fingerprint density at radius 1 is 1.42 bits per heavy atom. The summed E-state index contributed by atoms with van der Waals surface area (Å²) in [7, 11) is 0. The number of nitrogens with zero attached hydrogens (tertiary/aromatic N) is 1. The number of likely N-dealkylation sites (N-methyl/N-ethyl adjacent to an activating group) is 1. The van der Waals surface area contributed by atoms with E-state index in [4.69, 9.17) is 0 Å². The topological polar surface area (TPSA) is 15.3 Å². The van der Waals surface area contributed by atoms with Crippen LogP contribution >= 0.6 is 0 Å². The van der Waals surface area contributed by atoms with Crippen molar-refractivity contribution in [2.24, 2.45) is 0 Å². The smallest absolute Gasteiger partial charge is 0.128 e. The molecule has 0 aliphatic carbocycles. The number of hydrogen-bond acceptors (Lipinski definition) is 2. The van der Waals surface area contributed by atoms with Gasteiger partial charge in [-0.15, -0.1) is 0 Å². The molecule has 0 radical (unpaired) electrons. The molecule has 2 nitrogen and oxygen atoms in total. The summed E-state index contributed by atoms with van der Waals surface area (Å²) in [5.74, 6) is -0.728. The lowest BCUT2D eigenvalue weighted by atomic mass is 10.0. The van der Waals surface area contributed by atoms with Gasteiger partial charge in [0.15, 0.2) is 0 Å². The van der Waals surface area contributed by atoms with E-state index >= 15 is 0 Å². The fourth-order valence-corrected chi connectivity index (χ4v) is 2.77. The van der Waals surface area contributed by atoms with Crippen LogP contribution < -0.4 is 5.32 Å². The molecule has 1 aliphatic heterocycles. The Labute approximate surface area is 113 Å². The largest absolute Gasteiger partial charge is 0.306 e. The van der Waals surface area contributed by atoms with Crippen molar-refractivity contribution in [1.29, 1.82) is 0 Å². The number of halogens is 2. The van der Waals surface area contributed by atoms with Gasteiger partial charge < -0.3 is 10.2 Å². The number of benzene rings is 1. The number of likely N-dealkylation sites (tertiary alicyclic amines) is 1. The van der Waals surface area contributed by atoms with Crippen molar-refractivity contribution in [1.82, 2.24) is 10.2 Å². The fraction of sp³-hybridized carbons (Fsp3) is 0.600. The molecule has 2 unspecified atom stereocenters. The minimum atomic E-state index is -0.385. The number of rotatable bonds is 4. The summed E-state index contributed by atoms with van der Waals surface area (Å²) < 4.78 is 26.9. The Balaban J connectivity index is 2.00. The molecule has 106 valence electrons. The molecule has 2 atom stereocenters. The van der Waals surface area contributed by atoms with Gasteiger partial charge in [0.25, 0.3) is 0 Å². The molecule has 4 heteroatoms. The monoisotopic (exact) mass is 268 g/mol. The van der Waals surface area contributed by atoms with Gasteiger partial charge in [0, 0.05) is 24.2 Å². The number of hydrogen-bond donors (Lipinski definition) is 1. The second kappa shape index (κ2) is 6.44. The Bertz CT molecular complexity index is 423. The first-order chi connectivity index (χ1) is 9.10. The van der Waals surface area contributed by atoms with E-state index < -0.39 is 0 Å². The van der Waals surface area contributed by atoms with Gasteiger partial charge in [0.05, 0.1) is 0 Å². The van der Waals surface area contributed by atoms with Crippen LogP contribution in [-0.2, 0) is 0 Å². The lowest BCUT2D eigenvalue weighted by molar-refractivity contribution is 0.191. The molecule has 1 aliphatic rings. The van der Waals surface area contributed by atoms with Gasteiger partial charge in [-0.3, -0.25) is 0 Å². The second-order valence-electron chi connectivity index (χ2n) is 5.29. The quantitative estimate of drug-likeness (QED) is 0.902. The first-order valence-electron chi connectivity index (χ1n) is 7.03. The second-order valence-corrected chi connectivity index (χ2v) is 5.29. The van der Waals surface area contributed by atoms with E-state index in [2.05, 4.69) is 17.1 Å². The summed E-state index contributed by atoms with van der Waals surface area (Å²) in [6.45, 7) is 7.21. The van der Waals surface area contributed by atoms with Crippen molar-refractivity contribution >= 4 is 0 Å². The zero-order valence-corrected chi connectivity index (χ0v) is 11.6. The molecule has 19 heavy (non-hydrogen) atoms. The lowest BCUT2D eigenvalue weighted by Crippen LogP contribution is -2.46. The minimum absolute atomic E-state index is 0.169. The number of piperidine rings is 1. The Morgan fingerprint density at radius 3 is 2.95 bits per heavy atom. The molecule has 1 aromatic rings. The highest BCUT2D eigenvalue weighted by molar-refractivity contribution is 5.22. The predicted octanol–water partition coefficient (Wildman–Crippen LogP) is 3.10. The van der Waals surface area contributed by atoms with Gasteiger partial charge >= 0.3 is 0 Å². The Hall–Kier alpha value is -1.00. The maximum atomic E-state index is 13.7. The third-order valence-electron chi connectivity index (χ3n) is 3.86. The highest BCUT2D eigenvalue weighted by Crippen LogP contribution is 2.20. The van der Waals surface area contributed by atoms with E-state index in [1.807, 2.05) is 6.92 Å². The van der Waals surface area contributed by atoms with Crippen LogP contribution in [0.3, 0.4) is 0 Å². The van der Waals surface area contributed by atoms with Gasteiger partial charge in [-0.2, -0.15) is 0 Å². The SMILES string of the molecule is CCN1CCCC(NC(C)c2cc(F)ccc2F)C1. The molecule has 1 aromatic carbocycles. The fourth-order valence-electron chi connectivity index (χ4n) is 2.77. The van der Waals surface area contributed by atoms with E-state index in [0.29, 0.717) is 11.6 Å². The van der Waals surface area contributed by atoms with Crippen molar-refractivity contribution in [3.8, 4) is 0 Å². The molecular formula is C15H22F2N2. The van der Waals surface area contributed by atoms with Gasteiger partial charge in [0.2, 0.25) is 0 Å². The maximum absolute atomic E-state index is 13.7. The van der Waals surface area contributed by atoms with Crippen molar-refractivity contribution in [3.63, 3.8) is 0 Å². The van der Waals surface area contributed by atoms with Crippen LogP contribution in [0.15, 0.2) is 18.2 Å². The summed E-state index contributed by atoms with van der Waals surface area (Å²) in [6, 6.07) is 3.82. The molecule has 0 spiro atoms. The van der Waals surface area contributed by atoms with Crippen LogP contribution in [0.25, 0.3) is 0 Å². The molecule has 2 rings (SSSR count). The Morgan fingerprint density at radius 2 is 2.21 bits per heavy atom. The van der Waals surface area contributed by atoms with E-state index in [1.165, 1.54) is 12.1 Å². The van der Waals surface area contributed by atoms with E-state index in [0.717, 1.165) is 38.5 Å². The normalized spacial score (nSPS) is 22.4. The molecular weight excluding hydrogens is 246 g/mol. The summed E-state index contributed by atoms with van der Waals surface area (Å²) in [4.78, 5) is 2.38. The van der Waals surface area contributed by atoms with Gasteiger partial charge in [0.1, 0.15) is 11.6 Å². The molecule has 0 aromatic heterocycles. The standard InChI is InChI=1S/C15H22F2N2/c1-3-19-8-4-5-13(10-19)18-11(2)14-9-12(16)6-7-15(14)17/h6-7,9,11,13,18H,3-5,8,10H2,1-2H3. The zero-order valence-electron chi connectivity index (χ0n) is 11.6. The van der Waals surface area contributed by atoms with Crippen molar-refractivity contribution in [3.05, 3.63) is 35.4 Å². The molecule has 0 amide bonds. The summed E-state index contributed by atoms with van der Waals surface area (Å²) >= 11 is 0. The molecule has 1 fully saturated rings. The summed E-state index contributed by atoms with van der Waals surface area (Å²) in [6.07, 6.45) is 2.25. The maximum Gasteiger partial charge on any atom is 0.128 e. The van der Waals surface area contributed by atoms with Crippen LogP contribution in [0, 0.1) is 11.6 Å². The number of nitrogens with one attached hydrogen (secondary N) is 1. The van der Waals surface area contributed by atoms with Crippen LogP contribution in [0.5, 0.6) is 0 Å². The van der Waals surface area contributed by atoms with Crippen LogP contribution in [0.4, 0.5) is 8.78 Å². The van der Waals surface area contributed by atoms with Gasteiger partial charge in [-0.25, -0.2) is 8.78 Å². The Kier molecular flexibility index (Phi) is 4.88.